The molecule has 2 aromatic carbocycles. The molecule has 0 unspecified atom stereocenters. The summed E-state index contributed by atoms with van der Waals surface area (Å²) in [6, 6.07) is 14.7. The zero-order chi connectivity index (χ0) is 22.2. The first kappa shape index (κ1) is 25.0. The van der Waals surface area contributed by atoms with Gasteiger partial charge in [-0.1, -0.05) is 95.2 Å². The number of benzene rings is 2. The van der Waals surface area contributed by atoms with Gasteiger partial charge in [0.2, 0.25) is 0 Å². The number of unbranched alkanes of at least 4 members (excludes halogenated alkanes) is 11. The molecule has 0 heterocycles. The zero-order valence-electron chi connectivity index (χ0n) is 19.5. The summed E-state index contributed by atoms with van der Waals surface area (Å²) in [7, 11) is 0. The molecule has 0 aromatic heterocycles. The number of carbonyl (C=O) groups excluding carboxylic acids is 1. The normalized spacial score (nSPS) is 10.8. The van der Waals surface area contributed by atoms with E-state index in [9.17, 15) is 4.79 Å². The van der Waals surface area contributed by atoms with Crippen LogP contribution in [0.5, 0.6) is 11.5 Å². The van der Waals surface area contributed by atoms with Crippen molar-refractivity contribution in [3.8, 4) is 11.5 Å². The van der Waals surface area contributed by atoms with Gasteiger partial charge >= 0.3 is 5.97 Å². The number of rotatable bonds is 16. The quantitative estimate of drug-likeness (QED) is 0.154. The lowest BCUT2D eigenvalue weighted by molar-refractivity contribution is 0.0734. The second-order valence-electron chi connectivity index (χ2n) is 8.46. The van der Waals surface area contributed by atoms with Crippen molar-refractivity contribution in [2.45, 2.75) is 90.9 Å². The van der Waals surface area contributed by atoms with Gasteiger partial charge in [0.05, 0.1) is 12.2 Å². The number of hydrogen-bond acceptors (Lipinski definition) is 3. The number of esters is 1. The van der Waals surface area contributed by atoms with Gasteiger partial charge in [-0.05, 0) is 49.7 Å². The summed E-state index contributed by atoms with van der Waals surface area (Å²) in [5.41, 5.74) is 1.66. The summed E-state index contributed by atoms with van der Waals surface area (Å²) in [6.07, 6.45) is 16.1. The van der Waals surface area contributed by atoms with Crippen LogP contribution in [0.3, 0.4) is 0 Å². The maximum Gasteiger partial charge on any atom is 0.343 e. The van der Waals surface area contributed by atoms with Gasteiger partial charge in [0.1, 0.15) is 11.5 Å². The molecule has 0 amide bonds. The van der Waals surface area contributed by atoms with Crippen LogP contribution in [0.15, 0.2) is 48.5 Å². The Bertz CT molecular complexity index is 719. The molecule has 31 heavy (non-hydrogen) atoms. The third kappa shape index (κ3) is 11.1. The van der Waals surface area contributed by atoms with Gasteiger partial charge in [0, 0.05) is 0 Å². The molecule has 0 fully saturated rings. The van der Waals surface area contributed by atoms with Crippen LogP contribution in [0.2, 0.25) is 0 Å². The van der Waals surface area contributed by atoms with Crippen molar-refractivity contribution in [2.75, 3.05) is 6.61 Å². The minimum atomic E-state index is -0.351. The molecular formula is C28H40O3. The highest BCUT2D eigenvalue weighted by Gasteiger charge is 2.08. The standard InChI is InChI=1S/C28H40O3/c1-3-4-5-6-7-8-9-10-11-12-13-14-23-30-26-21-17-25(18-22-26)28(29)31-27-19-15-24(2)16-20-27/h15-22H,3-14,23H2,1-2H3. The van der Waals surface area contributed by atoms with Gasteiger partial charge in [0.25, 0.3) is 0 Å². The van der Waals surface area contributed by atoms with Crippen LogP contribution in [-0.2, 0) is 0 Å². The van der Waals surface area contributed by atoms with Gasteiger partial charge in [-0.15, -0.1) is 0 Å². The molecule has 0 saturated carbocycles. The third-order valence-electron chi connectivity index (χ3n) is 5.59. The van der Waals surface area contributed by atoms with Crippen LogP contribution in [0, 0.1) is 6.92 Å². The Kier molecular flexibility index (Phi) is 12.5. The molecule has 2 rings (SSSR count). The predicted octanol–water partition coefficient (Wildman–Crippen LogP) is 8.29. The SMILES string of the molecule is CCCCCCCCCCCCCCOc1ccc(C(=O)Oc2ccc(C)cc2)cc1. The van der Waals surface area contributed by atoms with Crippen molar-refractivity contribution in [2.24, 2.45) is 0 Å². The lowest BCUT2D eigenvalue weighted by Gasteiger charge is -2.08. The van der Waals surface area contributed by atoms with E-state index in [4.69, 9.17) is 9.47 Å². The molecule has 0 radical (unpaired) electrons. The lowest BCUT2D eigenvalue weighted by atomic mass is 10.1. The summed E-state index contributed by atoms with van der Waals surface area (Å²) < 4.78 is 11.2. The van der Waals surface area contributed by atoms with E-state index in [0.29, 0.717) is 11.3 Å². The van der Waals surface area contributed by atoms with Gasteiger partial charge in [-0.2, -0.15) is 0 Å². The van der Waals surface area contributed by atoms with E-state index in [-0.39, 0.29) is 5.97 Å². The molecule has 0 N–H and O–H groups in total. The second kappa shape index (κ2) is 15.5. The lowest BCUT2D eigenvalue weighted by Crippen LogP contribution is -2.08. The highest BCUT2D eigenvalue weighted by Crippen LogP contribution is 2.17. The second-order valence-corrected chi connectivity index (χ2v) is 8.46. The van der Waals surface area contributed by atoms with Crippen molar-refractivity contribution in [1.29, 1.82) is 0 Å². The van der Waals surface area contributed by atoms with Crippen LogP contribution < -0.4 is 9.47 Å². The molecule has 0 aliphatic carbocycles. The molecule has 0 aliphatic rings. The van der Waals surface area contributed by atoms with E-state index in [1.807, 2.05) is 31.2 Å². The first-order chi connectivity index (χ1) is 15.2. The van der Waals surface area contributed by atoms with Crippen LogP contribution in [0.1, 0.15) is 99.9 Å². The Morgan fingerprint density at radius 2 is 1.13 bits per heavy atom. The molecule has 0 saturated heterocycles. The smallest absolute Gasteiger partial charge is 0.343 e. The number of hydrogen-bond donors (Lipinski definition) is 0. The number of ether oxygens (including phenoxy) is 2. The van der Waals surface area contributed by atoms with E-state index in [2.05, 4.69) is 6.92 Å². The number of aryl methyl sites for hydroxylation is 1. The fourth-order valence-corrected chi connectivity index (χ4v) is 3.59. The van der Waals surface area contributed by atoms with E-state index in [0.717, 1.165) is 24.3 Å². The van der Waals surface area contributed by atoms with Crippen LogP contribution >= 0.6 is 0 Å². The van der Waals surface area contributed by atoms with Crippen LogP contribution in [0.4, 0.5) is 0 Å². The molecule has 2 aromatic rings. The first-order valence-electron chi connectivity index (χ1n) is 12.2. The zero-order valence-corrected chi connectivity index (χ0v) is 19.5. The highest BCUT2D eigenvalue weighted by molar-refractivity contribution is 5.91. The molecule has 0 atom stereocenters. The summed E-state index contributed by atoms with van der Waals surface area (Å²) in [5.74, 6) is 1.01. The molecular weight excluding hydrogens is 384 g/mol. The van der Waals surface area contributed by atoms with Gasteiger partial charge in [-0.25, -0.2) is 4.79 Å². The molecule has 0 bridgehead atoms. The molecule has 3 heteroatoms. The minimum Gasteiger partial charge on any atom is -0.494 e. The Labute approximate surface area is 189 Å². The van der Waals surface area contributed by atoms with Crippen molar-refractivity contribution >= 4 is 5.97 Å². The summed E-state index contributed by atoms with van der Waals surface area (Å²) in [5, 5.41) is 0. The monoisotopic (exact) mass is 424 g/mol. The summed E-state index contributed by atoms with van der Waals surface area (Å²) in [6.45, 7) is 5.00. The topological polar surface area (TPSA) is 35.5 Å². The van der Waals surface area contributed by atoms with Crippen molar-refractivity contribution in [3.05, 3.63) is 59.7 Å². The Morgan fingerprint density at radius 1 is 0.645 bits per heavy atom. The summed E-state index contributed by atoms with van der Waals surface area (Å²) >= 11 is 0. The molecule has 0 spiro atoms. The van der Waals surface area contributed by atoms with Gasteiger partial charge in [0.15, 0.2) is 0 Å². The van der Waals surface area contributed by atoms with Crippen molar-refractivity contribution in [3.63, 3.8) is 0 Å². The fraction of sp³-hybridized carbons (Fsp3) is 0.536. The third-order valence-corrected chi connectivity index (χ3v) is 5.59. The molecule has 3 nitrogen and oxygen atoms in total. The highest BCUT2D eigenvalue weighted by atomic mass is 16.5. The largest absolute Gasteiger partial charge is 0.494 e. The van der Waals surface area contributed by atoms with E-state index >= 15 is 0 Å². The average molecular weight is 425 g/mol. The first-order valence-corrected chi connectivity index (χ1v) is 12.2. The minimum absolute atomic E-state index is 0.351. The predicted molar refractivity (Wildman–Crippen MR) is 129 cm³/mol. The van der Waals surface area contributed by atoms with Crippen LogP contribution in [0.25, 0.3) is 0 Å². The average Bonchev–Trinajstić information content (AvgIpc) is 2.79. The Hall–Kier alpha value is -2.29. The molecule has 170 valence electrons. The summed E-state index contributed by atoms with van der Waals surface area (Å²) in [4.78, 5) is 12.2. The fourth-order valence-electron chi connectivity index (χ4n) is 3.59. The maximum absolute atomic E-state index is 12.2. The number of carbonyl (C=O) groups is 1. The Morgan fingerprint density at radius 3 is 1.68 bits per heavy atom. The van der Waals surface area contributed by atoms with Crippen molar-refractivity contribution in [1.82, 2.24) is 0 Å². The van der Waals surface area contributed by atoms with E-state index < -0.39 is 0 Å². The maximum atomic E-state index is 12.2. The Balaban J connectivity index is 1.50. The van der Waals surface area contributed by atoms with E-state index in [1.54, 1.807) is 24.3 Å². The van der Waals surface area contributed by atoms with Crippen LogP contribution in [-0.4, -0.2) is 12.6 Å². The van der Waals surface area contributed by atoms with E-state index in [1.165, 1.54) is 70.6 Å². The van der Waals surface area contributed by atoms with Crippen molar-refractivity contribution < 1.29 is 14.3 Å². The molecule has 0 aliphatic heterocycles. The van der Waals surface area contributed by atoms with Gasteiger partial charge < -0.3 is 9.47 Å². The van der Waals surface area contributed by atoms with Gasteiger partial charge in [-0.3, -0.25) is 0 Å².